The Bertz CT molecular complexity index is 393. The van der Waals surface area contributed by atoms with E-state index in [0.717, 1.165) is 25.9 Å². The maximum absolute atomic E-state index is 12.3. The highest BCUT2D eigenvalue weighted by atomic mass is 16.2. The molecule has 1 amide bonds. The van der Waals surface area contributed by atoms with Crippen LogP contribution in [-0.2, 0) is 0 Å². The van der Waals surface area contributed by atoms with Gasteiger partial charge >= 0.3 is 0 Å². The number of carbonyl (C=O) groups excluding carboxylic acids is 1. The first-order valence-corrected chi connectivity index (χ1v) is 6.63. The fourth-order valence-corrected chi connectivity index (χ4v) is 2.66. The zero-order chi connectivity index (χ0) is 13.0. The predicted molar refractivity (Wildman–Crippen MR) is 71.4 cm³/mol. The van der Waals surface area contributed by atoms with Crippen LogP contribution in [0.15, 0.2) is 24.4 Å². The van der Waals surface area contributed by atoms with Crippen molar-refractivity contribution in [3.8, 4) is 0 Å². The molecule has 1 aromatic heterocycles. The molecule has 1 saturated heterocycles. The Hall–Kier alpha value is -1.42. The summed E-state index contributed by atoms with van der Waals surface area (Å²) in [5, 5.41) is 3.35. The maximum Gasteiger partial charge on any atom is 0.272 e. The maximum atomic E-state index is 12.3. The molecule has 4 heteroatoms. The zero-order valence-corrected chi connectivity index (χ0v) is 11.1. The van der Waals surface area contributed by atoms with Gasteiger partial charge in [0.1, 0.15) is 5.69 Å². The van der Waals surface area contributed by atoms with Gasteiger partial charge in [-0.3, -0.25) is 9.78 Å². The van der Waals surface area contributed by atoms with Gasteiger partial charge in [0.2, 0.25) is 0 Å². The van der Waals surface area contributed by atoms with E-state index in [1.165, 1.54) is 0 Å². The summed E-state index contributed by atoms with van der Waals surface area (Å²) in [5.41, 5.74) is 0.551. The molecular formula is C14H21N3O. The van der Waals surface area contributed by atoms with E-state index in [1.54, 1.807) is 12.3 Å². The molecule has 2 heterocycles. The molecule has 1 fully saturated rings. The van der Waals surface area contributed by atoms with Crippen molar-refractivity contribution in [2.45, 2.75) is 25.8 Å². The van der Waals surface area contributed by atoms with Crippen LogP contribution in [-0.4, -0.2) is 42.0 Å². The van der Waals surface area contributed by atoms with Gasteiger partial charge in [-0.25, -0.2) is 0 Å². The first-order chi connectivity index (χ1) is 8.76. The molecule has 98 valence electrons. The van der Waals surface area contributed by atoms with Crippen LogP contribution in [0.1, 0.15) is 30.3 Å². The van der Waals surface area contributed by atoms with E-state index in [1.807, 2.05) is 24.1 Å². The number of rotatable bonds is 3. The molecule has 1 aliphatic rings. The third kappa shape index (κ3) is 2.70. The summed E-state index contributed by atoms with van der Waals surface area (Å²) in [5.74, 6) is 0.597. The number of likely N-dealkylation sites (tertiary alicyclic amines) is 1. The average molecular weight is 247 g/mol. The van der Waals surface area contributed by atoms with Crippen LogP contribution < -0.4 is 5.32 Å². The fourth-order valence-electron chi connectivity index (χ4n) is 2.66. The van der Waals surface area contributed by atoms with Crippen molar-refractivity contribution in [3.05, 3.63) is 30.1 Å². The Labute approximate surface area is 108 Å². The standard InChI is InChI=1S/C14H21N3O/c1-3-11-10-17(9-7-12(11)15-2)14(18)13-6-4-5-8-16-13/h4-6,8,11-12,15H,3,7,9-10H2,1-2H3. The number of carbonyl (C=O) groups is 1. The highest BCUT2D eigenvalue weighted by Gasteiger charge is 2.30. The van der Waals surface area contributed by atoms with Crippen LogP contribution in [0.4, 0.5) is 0 Å². The van der Waals surface area contributed by atoms with E-state index in [0.29, 0.717) is 17.7 Å². The van der Waals surface area contributed by atoms with Crippen molar-refractivity contribution in [3.63, 3.8) is 0 Å². The lowest BCUT2D eigenvalue weighted by Crippen LogP contribution is -2.50. The second-order valence-corrected chi connectivity index (χ2v) is 4.82. The van der Waals surface area contributed by atoms with Crippen LogP contribution in [0, 0.1) is 5.92 Å². The highest BCUT2D eigenvalue weighted by molar-refractivity contribution is 5.92. The molecular weight excluding hydrogens is 226 g/mol. The molecule has 2 rings (SSSR count). The second-order valence-electron chi connectivity index (χ2n) is 4.82. The first kappa shape index (κ1) is 13.0. The average Bonchev–Trinajstić information content (AvgIpc) is 2.46. The number of pyridine rings is 1. The van der Waals surface area contributed by atoms with Crippen molar-refractivity contribution < 1.29 is 4.79 Å². The zero-order valence-electron chi connectivity index (χ0n) is 11.1. The molecule has 0 radical (unpaired) electrons. The Kier molecular flexibility index (Phi) is 4.31. The molecule has 2 unspecified atom stereocenters. The van der Waals surface area contributed by atoms with Crippen LogP contribution in [0.3, 0.4) is 0 Å². The van der Waals surface area contributed by atoms with Gasteiger partial charge in [0.05, 0.1) is 0 Å². The SMILES string of the molecule is CCC1CN(C(=O)c2ccccn2)CCC1NC. The summed E-state index contributed by atoms with van der Waals surface area (Å²) in [4.78, 5) is 18.4. The quantitative estimate of drug-likeness (QED) is 0.881. The minimum absolute atomic E-state index is 0.0589. The van der Waals surface area contributed by atoms with Gasteiger partial charge in [-0.2, -0.15) is 0 Å². The van der Waals surface area contributed by atoms with Crippen molar-refractivity contribution in [1.29, 1.82) is 0 Å². The van der Waals surface area contributed by atoms with Gasteiger partial charge in [0, 0.05) is 25.3 Å². The number of nitrogens with one attached hydrogen (secondary N) is 1. The van der Waals surface area contributed by atoms with E-state index < -0.39 is 0 Å². The second kappa shape index (κ2) is 5.96. The molecule has 0 bridgehead atoms. The fraction of sp³-hybridized carbons (Fsp3) is 0.571. The lowest BCUT2D eigenvalue weighted by molar-refractivity contribution is 0.0626. The van der Waals surface area contributed by atoms with Crippen LogP contribution in [0.5, 0.6) is 0 Å². The largest absolute Gasteiger partial charge is 0.337 e. The lowest BCUT2D eigenvalue weighted by Gasteiger charge is -2.38. The minimum Gasteiger partial charge on any atom is -0.337 e. The third-order valence-electron chi connectivity index (χ3n) is 3.80. The summed E-state index contributed by atoms with van der Waals surface area (Å²) >= 11 is 0. The number of amides is 1. The summed E-state index contributed by atoms with van der Waals surface area (Å²) in [7, 11) is 2.00. The Morgan fingerprint density at radius 2 is 2.39 bits per heavy atom. The molecule has 1 aromatic rings. The van der Waals surface area contributed by atoms with E-state index in [9.17, 15) is 4.79 Å². The van der Waals surface area contributed by atoms with E-state index in [4.69, 9.17) is 0 Å². The van der Waals surface area contributed by atoms with E-state index in [-0.39, 0.29) is 5.91 Å². The number of nitrogens with zero attached hydrogens (tertiary/aromatic N) is 2. The topological polar surface area (TPSA) is 45.2 Å². The molecule has 1 aliphatic heterocycles. The molecule has 1 N–H and O–H groups in total. The van der Waals surface area contributed by atoms with Gasteiger partial charge in [0.25, 0.3) is 5.91 Å². The smallest absolute Gasteiger partial charge is 0.272 e. The first-order valence-electron chi connectivity index (χ1n) is 6.63. The van der Waals surface area contributed by atoms with Crippen LogP contribution in [0.25, 0.3) is 0 Å². The lowest BCUT2D eigenvalue weighted by atomic mass is 9.90. The van der Waals surface area contributed by atoms with Crippen LogP contribution in [0.2, 0.25) is 0 Å². The minimum atomic E-state index is 0.0589. The highest BCUT2D eigenvalue weighted by Crippen LogP contribution is 2.21. The molecule has 4 nitrogen and oxygen atoms in total. The van der Waals surface area contributed by atoms with Crippen molar-refractivity contribution in [2.24, 2.45) is 5.92 Å². The Balaban J connectivity index is 2.05. The molecule has 0 aromatic carbocycles. The van der Waals surface area contributed by atoms with E-state index in [2.05, 4.69) is 17.2 Å². The van der Waals surface area contributed by atoms with Gasteiger partial charge in [0.15, 0.2) is 0 Å². The molecule has 18 heavy (non-hydrogen) atoms. The Morgan fingerprint density at radius 3 is 3.00 bits per heavy atom. The Morgan fingerprint density at radius 1 is 1.56 bits per heavy atom. The monoisotopic (exact) mass is 247 g/mol. The molecule has 2 atom stereocenters. The van der Waals surface area contributed by atoms with Gasteiger partial charge < -0.3 is 10.2 Å². The molecule has 0 aliphatic carbocycles. The van der Waals surface area contributed by atoms with Gasteiger partial charge in [-0.05, 0) is 31.5 Å². The number of aromatic nitrogens is 1. The number of hydrogen-bond acceptors (Lipinski definition) is 3. The van der Waals surface area contributed by atoms with E-state index >= 15 is 0 Å². The third-order valence-corrected chi connectivity index (χ3v) is 3.80. The summed E-state index contributed by atoms with van der Waals surface area (Å²) in [6.07, 6.45) is 3.79. The molecule has 0 spiro atoms. The van der Waals surface area contributed by atoms with Gasteiger partial charge in [-0.1, -0.05) is 19.4 Å². The van der Waals surface area contributed by atoms with Gasteiger partial charge in [-0.15, -0.1) is 0 Å². The normalized spacial score (nSPS) is 24.0. The number of hydrogen-bond donors (Lipinski definition) is 1. The predicted octanol–water partition coefficient (Wildman–Crippen LogP) is 1.54. The molecule has 0 saturated carbocycles. The summed E-state index contributed by atoms with van der Waals surface area (Å²) < 4.78 is 0. The van der Waals surface area contributed by atoms with Crippen molar-refractivity contribution >= 4 is 5.91 Å². The van der Waals surface area contributed by atoms with Crippen molar-refractivity contribution in [2.75, 3.05) is 20.1 Å². The summed E-state index contributed by atoms with van der Waals surface area (Å²) in [6.45, 7) is 3.83. The summed E-state index contributed by atoms with van der Waals surface area (Å²) in [6, 6.07) is 6.01. The number of piperidine rings is 1. The van der Waals surface area contributed by atoms with Crippen LogP contribution >= 0.6 is 0 Å². The van der Waals surface area contributed by atoms with Crippen molar-refractivity contribution in [1.82, 2.24) is 15.2 Å².